The third-order valence-corrected chi connectivity index (χ3v) is 4.61. The van der Waals surface area contributed by atoms with Crippen LogP contribution in [0.2, 0.25) is 0 Å². The molecule has 1 amide bonds. The van der Waals surface area contributed by atoms with Crippen LogP contribution >= 0.6 is 11.3 Å². The number of carbonyl (C=O) groups excluding carboxylic acids is 2. The first-order valence-electron chi connectivity index (χ1n) is 7.46. The van der Waals surface area contributed by atoms with Gasteiger partial charge in [0.1, 0.15) is 12.1 Å². The van der Waals surface area contributed by atoms with Gasteiger partial charge in [-0.1, -0.05) is 23.5 Å². The van der Waals surface area contributed by atoms with E-state index in [2.05, 4.69) is 10.3 Å². The van der Waals surface area contributed by atoms with Crippen molar-refractivity contribution >= 4 is 38.9 Å². The first-order valence-corrected chi connectivity index (χ1v) is 8.27. The average molecular weight is 342 g/mol. The zero-order chi connectivity index (χ0) is 17.1. The molecule has 24 heavy (non-hydrogen) atoms. The molecule has 0 aliphatic rings. The standard InChI is InChI=1S/C18H15FN2O2S/c1-11-2-3-12(8-14(11)19)5-7-17(23)21-18-20-15-6-4-13(10-22)9-16(15)24-18/h2-4,6,8-10H,5,7H2,1H3,(H,20,21,23). The van der Waals surface area contributed by atoms with E-state index in [0.717, 1.165) is 22.1 Å². The number of nitrogens with one attached hydrogen (secondary N) is 1. The van der Waals surface area contributed by atoms with Gasteiger partial charge in [0.05, 0.1) is 10.2 Å². The highest BCUT2D eigenvalue weighted by Gasteiger charge is 2.09. The van der Waals surface area contributed by atoms with Crippen LogP contribution in [0.25, 0.3) is 10.2 Å². The quantitative estimate of drug-likeness (QED) is 0.709. The summed E-state index contributed by atoms with van der Waals surface area (Å²) in [6.45, 7) is 1.70. The fraction of sp³-hybridized carbons (Fsp3) is 0.167. The minimum absolute atomic E-state index is 0.175. The van der Waals surface area contributed by atoms with Crippen molar-refractivity contribution in [1.82, 2.24) is 4.98 Å². The van der Waals surface area contributed by atoms with Crippen LogP contribution in [0.5, 0.6) is 0 Å². The van der Waals surface area contributed by atoms with E-state index in [-0.39, 0.29) is 18.1 Å². The number of aldehydes is 1. The topological polar surface area (TPSA) is 59.1 Å². The van der Waals surface area contributed by atoms with E-state index < -0.39 is 0 Å². The SMILES string of the molecule is Cc1ccc(CCC(=O)Nc2nc3ccc(C=O)cc3s2)cc1F. The molecule has 2 aromatic carbocycles. The van der Waals surface area contributed by atoms with E-state index in [1.807, 2.05) is 6.07 Å². The monoisotopic (exact) mass is 342 g/mol. The summed E-state index contributed by atoms with van der Waals surface area (Å²) < 4.78 is 14.3. The second-order valence-electron chi connectivity index (χ2n) is 5.50. The van der Waals surface area contributed by atoms with Crippen LogP contribution in [0.4, 0.5) is 9.52 Å². The molecule has 0 saturated heterocycles. The lowest BCUT2D eigenvalue weighted by Gasteiger charge is -2.03. The molecule has 0 aliphatic carbocycles. The normalized spacial score (nSPS) is 10.8. The molecule has 3 aromatic rings. The summed E-state index contributed by atoms with van der Waals surface area (Å²) in [4.78, 5) is 27.2. The Balaban J connectivity index is 1.64. The Morgan fingerprint density at radius 1 is 1.29 bits per heavy atom. The number of hydrogen-bond acceptors (Lipinski definition) is 4. The maximum atomic E-state index is 13.5. The Hall–Kier alpha value is -2.60. The smallest absolute Gasteiger partial charge is 0.226 e. The highest BCUT2D eigenvalue weighted by molar-refractivity contribution is 7.22. The fourth-order valence-corrected chi connectivity index (χ4v) is 3.23. The predicted octanol–water partition coefficient (Wildman–Crippen LogP) is 4.13. The van der Waals surface area contributed by atoms with E-state index in [0.29, 0.717) is 22.7 Å². The number of benzene rings is 2. The van der Waals surface area contributed by atoms with E-state index in [4.69, 9.17) is 0 Å². The molecule has 0 spiro atoms. The molecule has 1 heterocycles. The van der Waals surface area contributed by atoms with Gasteiger partial charge in [0.25, 0.3) is 0 Å². The summed E-state index contributed by atoms with van der Waals surface area (Å²) >= 11 is 1.32. The van der Waals surface area contributed by atoms with E-state index >= 15 is 0 Å². The Kier molecular flexibility index (Phi) is 4.66. The molecular weight excluding hydrogens is 327 g/mol. The molecule has 0 bridgehead atoms. The summed E-state index contributed by atoms with van der Waals surface area (Å²) in [7, 11) is 0. The molecule has 0 radical (unpaired) electrons. The Labute approximate surface area is 142 Å². The lowest BCUT2D eigenvalue weighted by Crippen LogP contribution is -2.12. The van der Waals surface area contributed by atoms with Crippen LogP contribution < -0.4 is 5.32 Å². The van der Waals surface area contributed by atoms with Crippen molar-refractivity contribution < 1.29 is 14.0 Å². The number of halogens is 1. The maximum absolute atomic E-state index is 13.5. The van der Waals surface area contributed by atoms with Gasteiger partial charge in [-0.05, 0) is 48.7 Å². The van der Waals surface area contributed by atoms with Crippen molar-refractivity contribution in [3.05, 3.63) is 58.9 Å². The average Bonchev–Trinajstić information content (AvgIpc) is 2.97. The molecule has 6 heteroatoms. The number of hydrogen-bond donors (Lipinski definition) is 1. The Morgan fingerprint density at radius 3 is 2.88 bits per heavy atom. The molecule has 122 valence electrons. The van der Waals surface area contributed by atoms with Gasteiger partial charge < -0.3 is 5.32 Å². The van der Waals surface area contributed by atoms with Gasteiger partial charge >= 0.3 is 0 Å². The number of fused-ring (bicyclic) bond motifs is 1. The highest BCUT2D eigenvalue weighted by Crippen LogP contribution is 2.26. The number of anilines is 1. The fourth-order valence-electron chi connectivity index (χ4n) is 2.30. The number of aromatic nitrogens is 1. The zero-order valence-electron chi connectivity index (χ0n) is 13.0. The van der Waals surface area contributed by atoms with Gasteiger partial charge in [-0.3, -0.25) is 9.59 Å². The van der Waals surface area contributed by atoms with Crippen LogP contribution in [0.3, 0.4) is 0 Å². The molecule has 1 N–H and O–H groups in total. The largest absolute Gasteiger partial charge is 0.302 e. The van der Waals surface area contributed by atoms with Crippen molar-refractivity contribution in [2.24, 2.45) is 0 Å². The van der Waals surface area contributed by atoms with E-state index in [9.17, 15) is 14.0 Å². The minimum atomic E-state index is -0.259. The molecule has 3 rings (SSSR count). The van der Waals surface area contributed by atoms with Gasteiger partial charge in [0, 0.05) is 12.0 Å². The second kappa shape index (κ2) is 6.88. The molecule has 0 fully saturated rings. The Morgan fingerprint density at radius 2 is 2.12 bits per heavy atom. The maximum Gasteiger partial charge on any atom is 0.226 e. The summed E-state index contributed by atoms with van der Waals surface area (Å²) in [5.41, 5.74) is 2.69. The molecule has 4 nitrogen and oxygen atoms in total. The van der Waals surface area contributed by atoms with Gasteiger partial charge in [-0.2, -0.15) is 0 Å². The number of rotatable bonds is 5. The van der Waals surface area contributed by atoms with Crippen LogP contribution in [-0.4, -0.2) is 17.2 Å². The van der Waals surface area contributed by atoms with Gasteiger partial charge in [-0.25, -0.2) is 9.37 Å². The molecule has 0 aliphatic heterocycles. The summed E-state index contributed by atoms with van der Waals surface area (Å²) in [6.07, 6.45) is 1.49. The van der Waals surface area contributed by atoms with E-state index in [1.54, 1.807) is 31.2 Å². The minimum Gasteiger partial charge on any atom is -0.302 e. The van der Waals surface area contributed by atoms with Crippen LogP contribution in [0.1, 0.15) is 27.9 Å². The first-order chi connectivity index (χ1) is 11.5. The lowest BCUT2D eigenvalue weighted by molar-refractivity contribution is -0.116. The number of aryl methyl sites for hydroxylation is 2. The molecule has 1 aromatic heterocycles. The molecular formula is C18H15FN2O2S. The van der Waals surface area contributed by atoms with Crippen molar-refractivity contribution in [2.75, 3.05) is 5.32 Å². The molecule has 0 unspecified atom stereocenters. The summed E-state index contributed by atoms with van der Waals surface area (Å²) in [5.74, 6) is -0.435. The lowest BCUT2D eigenvalue weighted by atomic mass is 10.1. The van der Waals surface area contributed by atoms with Crippen molar-refractivity contribution in [3.63, 3.8) is 0 Å². The van der Waals surface area contributed by atoms with Crippen molar-refractivity contribution in [2.45, 2.75) is 19.8 Å². The predicted molar refractivity (Wildman–Crippen MR) is 93.1 cm³/mol. The number of amides is 1. The number of carbonyl (C=O) groups is 2. The second-order valence-corrected chi connectivity index (χ2v) is 6.53. The molecule has 0 saturated carbocycles. The zero-order valence-corrected chi connectivity index (χ0v) is 13.8. The van der Waals surface area contributed by atoms with Gasteiger partial charge in [0.15, 0.2) is 5.13 Å². The third-order valence-electron chi connectivity index (χ3n) is 3.67. The van der Waals surface area contributed by atoms with Gasteiger partial charge in [-0.15, -0.1) is 0 Å². The van der Waals surface area contributed by atoms with Crippen LogP contribution in [0.15, 0.2) is 36.4 Å². The third kappa shape index (κ3) is 3.65. The van der Waals surface area contributed by atoms with Crippen LogP contribution in [-0.2, 0) is 11.2 Å². The van der Waals surface area contributed by atoms with Crippen LogP contribution in [0, 0.1) is 12.7 Å². The summed E-state index contributed by atoms with van der Waals surface area (Å²) in [5, 5.41) is 3.25. The van der Waals surface area contributed by atoms with Crippen molar-refractivity contribution in [3.8, 4) is 0 Å². The highest BCUT2D eigenvalue weighted by atomic mass is 32.1. The van der Waals surface area contributed by atoms with Crippen molar-refractivity contribution in [1.29, 1.82) is 0 Å². The number of thiazole rings is 1. The summed E-state index contributed by atoms with van der Waals surface area (Å²) in [6, 6.07) is 10.2. The first kappa shape index (κ1) is 16.3. The molecule has 0 atom stereocenters. The number of nitrogens with zero attached hydrogens (tertiary/aromatic N) is 1. The Bertz CT molecular complexity index is 921. The van der Waals surface area contributed by atoms with E-state index in [1.165, 1.54) is 17.4 Å². The van der Waals surface area contributed by atoms with Gasteiger partial charge in [0.2, 0.25) is 5.91 Å².